The van der Waals surface area contributed by atoms with Gasteiger partial charge in [-0.1, -0.05) is 311 Å². The molecule has 0 rings (SSSR count). The molecule has 3 N–H and O–H groups in total. The van der Waals surface area contributed by atoms with Gasteiger partial charge in [-0.2, -0.15) is 0 Å². The number of rotatable bonds is 56. The summed E-state index contributed by atoms with van der Waals surface area (Å²) in [5, 5.41) is 23.2. The Kier molecular flexibility index (Phi) is 58.2. The molecule has 402 valence electrons. The number of unbranched alkanes of at least 4 members (excludes halogenated alkanes) is 39. The van der Waals surface area contributed by atoms with E-state index in [2.05, 4.69) is 79.9 Å². The topological polar surface area (TPSA) is 69.6 Å². The molecule has 69 heavy (non-hydrogen) atoms. The number of hydrogen-bond donors (Lipinski definition) is 3. The van der Waals surface area contributed by atoms with Crippen LogP contribution in [0.25, 0.3) is 0 Å². The van der Waals surface area contributed by atoms with Gasteiger partial charge in [0.1, 0.15) is 0 Å². The Bertz CT molecular complexity index is 1180. The second-order valence-electron chi connectivity index (χ2n) is 20.7. The number of nitrogens with one attached hydrogen (secondary N) is 1. The molecule has 2 atom stereocenters. The Morgan fingerprint density at radius 3 is 1.01 bits per heavy atom. The fraction of sp³-hybridized carbons (Fsp3) is 0.800. The monoisotopic (exact) mass is 962 g/mol. The van der Waals surface area contributed by atoms with Gasteiger partial charge in [0.15, 0.2) is 0 Å². The summed E-state index contributed by atoms with van der Waals surface area (Å²) in [6.45, 7) is 4.21. The lowest BCUT2D eigenvalue weighted by molar-refractivity contribution is -0.123. The lowest BCUT2D eigenvalue weighted by Gasteiger charge is -2.19. The van der Waals surface area contributed by atoms with Crippen LogP contribution in [-0.2, 0) is 4.79 Å². The van der Waals surface area contributed by atoms with Crippen LogP contribution in [0.1, 0.15) is 316 Å². The highest BCUT2D eigenvalue weighted by molar-refractivity contribution is 5.76. The van der Waals surface area contributed by atoms with E-state index in [9.17, 15) is 15.0 Å². The number of carbonyl (C=O) groups excluding carboxylic acids is 1. The minimum Gasteiger partial charge on any atom is -0.394 e. The van der Waals surface area contributed by atoms with Gasteiger partial charge in [-0.3, -0.25) is 4.79 Å². The summed E-state index contributed by atoms with van der Waals surface area (Å²) in [7, 11) is 0. The molecule has 0 aromatic carbocycles. The molecule has 0 aliphatic heterocycles. The number of allylic oxidation sites excluding steroid dienone is 11. The first-order valence-electron chi connectivity index (χ1n) is 30.7. The fourth-order valence-corrected chi connectivity index (χ4v) is 9.31. The van der Waals surface area contributed by atoms with Crippen LogP contribution in [-0.4, -0.2) is 34.9 Å². The van der Waals surface area contributed by atoms with E-state index in [1.807, 2.05) is 6.08 Å². The highest BCUT2D eigenvalue weighted by atomic mass is 16.3. The van der Waals surface area contributed by atoms with E-state index in [1.165, 1.54) is 238 Å². The minimum atomic E-state index is -0.864. The fourth-order valence-electron chi connectivity index (χ4n) is 9.31. The van der Waals surface area contributed by atoms with Crippen molar-refractivity contribution in [1.82, 2.24) is 5.32 Å². The smallest absolute Gasteiger partial charge is 0.220 e. The molecule has 0 spiro atoms. The molecule has 1 amide bonds. The van der Waals surface area contributed by atoms with Crippen LogP contribution in [0, 0.1) is 0 Å². The highest BCUT2D eigenvalue weighted by Gasteiger charge is 2.18. The van der Waals surface area contributed by atoms with Crippen LogP contribution in [0.5, 0.6) is 0 Å². The summed E-state index contributed by atoms with van der Waals surface area (Å²) >= 11 is 0. The van der Waals surface area contributed by atoms with Gasteiger partial charge in [-0.25, -0.2) is 0 Å². The molecule has 0 aromatic heterocycles. The van der Waals surface area contributed by atoms with Crippen LogP contribution in [0.15, 0.2) is 72.9 Å². The number of aliphatic hydroxyl groups is 2. The Morgan fingerprint density at radius 2 is 0.652 bits per heavy atom. The van der Waals surface area contributed by atoms with Gasteiger partial charge >= 0.3 is 0 Å². The average molecular weight is 963 g/mol. The van der Waals surface area contributed by atoms with E-state index >= 15 is 0 Å². The number of aliphatic hydroxyl groups excluding tert-OH is 2. The van der Waals surface area contributed by atoms with E-state index < -0.39 is 12.1 Å². The maximum absolute atomic E-state index is 12.5. The zero-order valence-corrected chi connectivity index (χ0v) is 46.3. The maximum Gasteiger partial charge on any atom is 0.220 e. The van der Waals surface area contributed by atoms with Crippen LogP contribution in [0.2, 0.25) is 0 Å². The molecule has 0 radical (unpaired) electrons. The zero-order valence-electron chi connectivity index (χ0n) is 46.3. The first kappa shape index (κ1) is 66.8. The Morgan fingerprint density at radius 1 is 0.362 bits per heavy atom. The van der Waals surface area contributed by atoms with Crippen molar-refractivity contribution in [2.45, 2.75) is 328 Å². The normalized spacial score (nSPS) is 13.3. The second-order valence-corrected chi connectivity index (χ2v) is 20.7. The molecule has 0 saturated heterocycles. The third kappa shape index (κ3) is 56.6. The van der Waals surface area contributed by atoms with E-state index in [1.54, 1.807) is 6.08 Å². The van der Waals surface area contributed by atoms with Crippen molar-refractivity contribution in [3.63, 3.8) is 0 Å². The lowest BCUT2D eigenvalue weighted by atomic mass is 10.0. The molecule has 0 aromatic rings. The molecule has 0 aliphatic carbocycles. The van der Waals surface area contributed by atoms with Crippen molar-refractivity contribution in [1.29, 1.82) is 0 Å². The third-order valence-corrected chi connectivity index (χ3v) is 13.9. The molecule has 0 heterocycles. The summed E-state index contributed by atoms with van der Waals surface area (Å²) in [6.07, 6.45) is 86.6. The zero-order chi connectivity index (χ0) is 49.9. The predicted octanol–water partition coefficient (Wildman–Crippen LogP) is 20.5. The quantitative estimate of drug-likeness (QED) is 0.0420. The maximum atomic E-state index is 12.5. The molecule has 2 unspecified atom stereocenters. The summed E-state index contributed by atoms with van der Waals surface area (Å²) in [4.78, 5) is 12.5. The van der Waals surface area contributed by atoms with Gasteiger partial charge in [0, 0.05) is 6.42 Å². The molecule has 4 heteroatoms. The predicted molar refractivity (Wildman–Crippen MR) is 308 cm³/mol. The molecular formula is C65H119NO3. The van der Waals surface area contributed by atoms with Crippen molar-refractivity contribution in [3.8, 4) is 0 Å². The average Bonchev–Trinajstić information content (AvgIpc) is 3.35. The first-order chi connectivity index (χ1) is 34.2. The Balaban J connectivity index is 3.47. The Hall–Kier alpha value is -2.17. The van der Waals surface area contributed by atoms with E-state index in [0.717, 1.165) is 57.8 Å². The molecule has 0 fully saturated rings. The van der Waals surface area contributed by atoms with Gasteiger partial charge in [0.2, 0.25) is 5.91 Å². The molecule has 0 saturated carbocycles. The van der Waals surface area contributed by atoms with Gasteiger partial charge in [0.25, 0.3) is 0 Å². The molecule has 4 nitrogen and oxygen atoms in total. The number of amides is 1. The van der Waals surface area contributed by atoms with E-state index in [4.69, 9.17) is 0 Å². The Labute approximate surface area is 431 Å². The third-order valence-electron chi connectivity index (χ3n) is 13.9. The van der Waals surface area contributed by atoms with Gasteiger partial charge in [0.05, 0.1) is 18.8 Å². The number of hydrogen-bond acceptors (Lipinski definition) is 3. The van der Waals surface area contributed by atoms with Crippen LogP contribution < -0.4 is 5.32 Å². The summed E-state index contributed by atoms with van der Waals surface area (Å²) in [5.41, 5.74) is 0. The van der Waals surface area contributed by atoms with Crippen molar-refractivity contribution in [2.24, 2.45) is 0 Å². The van der Waals surface area contributed by atoms with Crippen molar-refractivity contribution in [3.05, 3.63) is 72.9 Å². The minimum absolute atomic E-state index is 0.0695. The largest absolute Gasteiger partial charge is 0.394 e. The number of carbonyl (C=O) groups is 1. The summed E-state index contributed by atoms with van der Waals surface area (Å²) in [6, 6.07) is -0.641. The van der Waals surface area contributed by atoms with Gasteiger partial charge < -0.3 is 15.5 Å². The molecular weight excluding hydrogens is 843 g/mol. The van der Waals surface area contributed by atoms with Crippen molar-refractivity contribution < 1.29 is 15.0 Å². The lowest BCUT2D eigenvalue weighted by Crippen LogP contribution is -2.45. The highest BCUT2D eigenvalue weighted by Crippen LogP contribution is 2.17. The van der Waals surface area contributed by atoms with E-state index in [0.29, 0.717) is 6.42 Å². The summed E-state index contributed by atoms with van der Waals surface area (Å²) in [5.74, 6) is -0.0695. The molecule has 0 aliphatic rings. The second kappa shape index (κ2) is 60.1. The van der Waals surface area contributed by atoms with Crippen molar-refractivity contribution in [2.75, 3.05) is 6.61 Å². The first-order valence-corrected chi connectivity index (χ1v) is 30.7. The summed E-state index contributed by atoms with van der Waals surface area (Å²) < 4.78 is 0. The molecule has 0 bridgehead atoms. The standard InChI is InChI=1S/C65H119NO3/c1-3-5-7-9-11-13-15-17-19-21-23-25-27-28-29-30-31-32-33-34-35-36-37-38-39-41-43-45-47-49-51-53-55-57-59-61-65(69)66-63(62-67)64(68)60-58-56-54-52-50-48-46-44-42-40-26-24-22-20-18-16-14-12-10-8-6-4-2/h5,7,11,13,17,19,23,25,50,52,58,60,63-64,67-68H,3-4,6,8-10,12,14-16,18,20-22,24,26-49,51,53-57,59,61-62H2,1-2H3,(H,66,69)/b7-5-,13-11-,19-17-,25-23-,52-50+,60-58+. The van der Waals surface area contributed by atoms with Crippen LogP contribution in [0.3, 0.4) is 0 Å². The van der Waals surface area contributed by atoms with Crippen molar-refractivity contribution >= 4 is 5.91 Å². The van der Waals surface area contributed by atoms with Gasteiger partial charge in [-0.05, 0) is 70.6 Å². The SMILES string of the molecule is CC/C=C\C/C=C\C/C=C\C/C=C\CCCCCCCCCCCCCCCCCCCCCCCCC(=O)NC(CO)C(O)/C=C/CC/C=C/CCCCCCCCCCCCCCCCCC. The van der Waals surface area contributed by atoms with E-state index in [-0.39, 0.29) is 12.5 Å². The van der Waals surface area contributed by atoms with Crippen LogP contribution >= 0.6 is 0 Å². The van der Waals surface area contributed by atoms with Crippen LogP contribution in [0.4, 0.5) is 0 Å². The van der Waals surface area contributed by atoms with Gasteiger partial charge in [-0.15, -0.1) is 0 Å².